The highest BCUT2D eigenvalue weighted by molar-refractivity contribution is 8.00. The van der Waals surface area contributed by atoms with Crippen molar-refractivity contribution in [3.8, 4) is 17.2 Å². The molecule has 0 amide bonds. The molecule has 0 spiro atoms. The van der Waals surface area contributed by atoms with E-state index in [4.69, 9.17) is 9.15 Å². The number of Topliss-reactive ketones (excluding diaryl/α,β-unsaturated/α-hetero) is 1. The molecule has 1 saturated carbocycles. The number of rotatable bonds is 5. The first-order valence-electron chi connectivity index (χ1n) is 7.52. The molecule has 0 saturated heterocycles. The zero-order valence-electron chi connectivity index (χ0n) is 12.4. The number of aromatic nitrogens is 2. The van der Waals surface area contributed by atoms with Crippen LogP contribution in [0, 0.1) is 0 Å². The molecule has 116 valence electrons. The van der Waals surface area contributed by atoms with Gasteiger partial charge < -0.3 is 9.15 Å². The fourth-order valence-corrected chi connectivity index (χ4v) is 3.42. The number of hydrogen-bond donors (Lipinski definition) is 0. The van der Waals surface area contributed by atoms with Crippen LogP contribution in [0.15, 0.2) is 33.9 Å². The van der Waals surface area contributed by atoms with E-state index in [2.05, 4.69) is 10.2 Å². The number of ether oxygens (including phenoxy) is 1. The molecular weight excluding hydrogens is 300 g/mol. The van der Waals surface area contributed by atoms with Gasteiger partial charge in [-0.2, -0.15) is 0 Å². The van der Waals surface area contributed by atoms with Crippen LogP contribution in [0.4, 0.5) is 0 Å². The molecule has 6 heteroatoms. The van der Waals surface area contributed by atoms with Crippen molar-refractivity contribution in [3.63, 3.8) is 0 Å². The summed E-state index contributed by atoms with van der Waals surface area (Å²) in [5.74, 6) is 1.57. The molecule has 1 atom stereocenters. The largest absolute Gasteiger partial charge is 0.494 e. The van der Waals surface area contributed by atoms with Gasteiger partial charge >= 0.3 is 0 Å². The van der Waals surface area contributed by atoms with E-state index in [1.165, 1.54) is 11.8 Å². The Morgan fingerprint density at radius 3 is 2.82 bits per heavy atom. The lowest BCUT2D eigenvalue weighted by atomic mass is 9.99. The van der Waals surface area contributed by atoms with Crippen LogP contribution in [0.2, 0.25) is 0 Å². The van der Waals surface area contributed by atoms with Gasteiger partial charge in [0.05, 0.1) is 11.9 Å². The number of carbonyl (C=O) groups is 1. The van der Waals surface area contributed by atoms with E-state index in [0.29, 0.717) is 24.1 Å². The highest BCUT2D eigenvalue weighted by atomic mass is 32.2. The molecule has 1 aromatic heterocycles. The van der Waals surface area contributed by atoms with Crippen molar-refractivity contribution in [1.82, 2.24) is 10.2 Å². The summed E-state index contributed by atoms with van der Waals surface area (Å²) in [5, 5.41) is 8.53. The Morgan fingerprint density at radius 1 is 1.27 bits per heavy atom. The average molecular weight is 318 g/mol. The van der Waals surface area contributed by atoms with Crippen LogP contribution in [0.1, 0.15) is 32.6 Å². The minimum Gasteiger partial charge on any atom is -0.494 e. The second-order valence-corrected chi connectivity index (χ2v) is 6.30. The molecule has 2 aromatic rings. The van der Waals surface area contributed by atoms with Crippen LogP contribution in [-0.4, -0.2) is 27.8 Å². The second-order valence-electron chi connectivity index (χ2n) is 5.15. The SMILES string of the molecule is CCOc1ccc(-c2nnc(S[C@@H]3CCCCC3=O)o2)cc1. The molecule has 1 aromatic carbocycles. The minimum absolute atomic E-state index is 0.0395. The van der Waals surface area contributed by atoms with Crippen molar-refractivity contribution in [2.45, 2.75) is 43.1 Å². The Bertz CT molecular complexity index is 639. The van der Waals surface area contributed by atoms with Gasteiger partial charge in [0.1, 0.15) is 11.5 Å². The lowest BCUT2D eigenvalue weighted by molar-refractivity contribution is -0.119. The van der Waals surface area contributed by atoms with Crippen molar-refractivity contribution in [2.75, 3.05) is 6.61 Å². The summed E-state index contributed by atoms with van der Waals surface area (Å²) in [6.45, 7) is 2.58. The third-order valence-corrected chi connectivity index (χ3v) is 4.71. The van der Waals surface area contributed by atoms with Gasteiger partial charge in [-0.15, -0.1) is 10.2 Å². The first kappa shape index (κ1) is 15.1. The van der Waals surface area contributed by atoms with Crippen molar-refractivity contribution in [2.24, 2.45) is 0 Å². The van der Waals surface area contributed by atoms with E-state index in [1.54, 1.807) is 0 Å². The number of carbonyl (C=O) groups excluding carboxylic acids is 1. The first-order valence-corrected chi connectivity index (χ1v) is 8.40. The normalized spacial score (nSPS) is 18.4. The summed E-state index contributed by atoms with van der Waals surface area (Å²) in [4.78, 5) is 11.8. The third kappa shape index (κ3) is 3.50. The summed E-state index contributed by atoms with van der Waals surface area (Å²) in [6.07, 6.45) is 3.64. The van der Waals surface area contributed by atoms with Gasteiger partial charge in [0.25, 0.3) is 5.22 Å². The standard InChI is InChI=1S/C16H18N2O3S/c1-2-20-12-9-7-11(8-10-12)15-17-18-16(21-15)22-14-6-4-3-5-13(14)19/h7-10,14H,2-6H2,1H3/t14-/m1/s1. The van der Waals surface area contributed by atoms with Crippen LogP contribution < -0.4 is 4.74 Å². The molecule has 22 heavy (non-hydrogen) atoms. The summed E-state index contributed by atoms with van der Waals surface area (Å²) in [5.41, 5.74) is 0.845. The van der Waals surface area contributed by atoms with Crippen LogP contribution in [0.5, 0.6) is 5.75 Å². The van der Waals surface area contributed by atoms with E-state index >= 15 is 0 Å². The van der Waals surface area contributed by atoms with Crippen LogP contribution in [0.25, 0.3) is 11.5 Å². The quantitative estimate of drug-likeness (QED) is 0.836. The van der Waals surface area contributed by atoms with Gasteiger partial charge in [0.2, 0.25) is 5.89 Å². The van der Waals surface area contributed by atoms with E-state index in [-0.39, 0.29) is 11.0 Å². The zero-order chi connectivity index (χ0) is 15.4. The average Bonchev–Trinajstić information content (AvgIpc) is 2.99. The maximum Gasteiger partial charge on any atom is 0.277 e. The number of ketones is 1. The number of hydrogen-bond acceptors (Lipinski definition) is 6. The molecule has 0 radical (unpaired) electrons. The lowest BCUT2D eigenvalue weighted by Crippen LogP contribution is -2.21. The van der Waals surface area contributed by atoms with Gasteiger partial charge in [0, 0.05) is 12.0 Å². The Kier molecular flexibility index (Phi) is 4.77. The van der Waals surface area contributed by atoms with Crippen LogP contribution >= 0.6 is 11.8 Å². The van der Waals surface area contributed by atoms with Gasteiger partial charge in [-0.25, -0.2) is 0 Å². The zero-order valence-corrected chi connectivity index (χ0v) is 13.3. The molecule has 1 aliphatic rings. The van der Waals surface area contributed by atoms with E-state index in [1.807, 2.05) is 31.2 Å². The maximum absolute atomic E-state index is 11.8. The Morgan fingerprint density at radius 2 is 2.09 bits per heavy atom. The molecule has 5 nitrogen and oxygen atoms in total. The predicted octanol–water partition coefficient (Wildman–Crippen LogP) is 3.74. The van der Waals surface area contributed by atoms with Crippen molar-refractivity contribution in [3.05, 3.63) is 24.3 Å². The van der Waals surface area contributed by atoms with Crippen LogP contribution in [-0.2, 0) is 4.79 Å². The van der Waals surface area contributed by atoms with E-state index in [0.717, 1.165) is 30.6 Å². The van der Waals surface area contributed by atoms with Gasteiger partial charge in [0.15, 0.2) is 0 Å². The highest BCUT2D eigenvalue weighted by Gasteiger charge is 2.25. The molecule has 1 heterocycles. The Labute approximate surface area is 133 Å². The monoisotopic (exact) mass is 318 g/mol. The van der Waals surface area contributed by atoms with E-state index < -0.39 is 0 Å². The second kappa shape index (κ2) is 6.96. The summed E-state index contributed by atoms with van der Waals surface area (Å²) in [6, 6.07) is 7.53. The predicted molar refractivity (Wildman–Crippen MR) is 84.0 cm³/mol. The maximum atomic E-state index is 11.8. The summed E-state index contributed by atoms with van der Waals surface area (Å²) >= 11 is 1.38. The number of nitrogens with zero attached hydrogens (tertiary/aromatic N) is 2. The summed E-state index contributed by atoms with van der Waals surface area (Å²) in [7, 11) is 0. The van der Waals surface area contributed by atoms with Crippen molar-refractivity contribution < 1.29 is 13.9 Å². The fourth-order valence-electron chi connectivity index (χ4n) is 2.43. The summed E-state index contributed by atoms with van der Waals surface area (Å²) < 4.78 is 11.1. The molecule has 0 aliphatic heterocycles. The molecule has 3 rings (SSSR count). The topological polar surface area (TPSA) is 65.2 Å². The number of benzene rings is 1. The van der Waals surface area contributed by atoms with E-state index in [9.17, 15) is 4.79 Å². The Hall–Kier alpha value is -1.82. The third-order valence-electron chi connectivity index (χ3n) is 3.56. The molecule has 1 fully saturated rings. The van der Waals surface area contributed by atoms with Crippen molar-refractivity contribution in [1.29, 1.82) is 0 Å². The minimum atomic E-state index is -0.0395. The fraction of sp³-hybridized carbons (Fsp3) is 0.438. The highest BCUT2D eigenvalue weighted by Crippen LogP contribution is 2.32. The van der Waals surface area contributed by atoms with Gasteiger partial charge in [-0.05, 0) is 44.0 Å². The Balaban J connectivity index is 1.69. The van der Waals surface area contributed by atoms with Gasteiger partial charge in [-0.1, -0.05) is 18.2 Å². The molecule has 0 bridgehead atoms. The molecular formula is C16H18N2O3S. The molecule has 0 unspecified atom stereocenters. The molecule has 0 N–H and O–H groups in total. The first-order chi connectivity index (χ1) is 10.8. The molecule has 1 aliphatic carbocycles. The van der Waals surface area contributed by atoms with Crippen molar-refractivity contribution >= 4 is 17.5 Å². The van der Waals surface area contributed by atoms with Crippen LogP contribution in [0.3, 0.4) is 0 Å². The smallest absolute Gasteiger partial charge is 0.277 e. The van der Waals surface area contributed by atoms with Gasteiger partial charge in [-0.3, -0.25) is 4.79 Å². The lowest BCUT2D eigenvalue weighted by Gasteiger charge is -2.17. The number of thioether (sulfide) groups is 1.